The van der Waals surface area contributed by atoms with Crippen molar-refractivity contribution in [2.24, 2.45) is 0 Å². The molecule has 0 nitrogen and oxygen atoms in total. The minimum Gasteiger partial charge on any atom is -0.127 e. The van der Waals surface area contributed by atoms with E-state index >= 15 is 0 Å². The second-order valence-corrected chi connectivity index (χ2v) is 2.48. The quantitative estimate of drug-likeness (QED) is 0.369. The fraction of sp³-hybridized carbons (Fsp3) is 0.667. The van der Waals surface area contributed by atoms with E-state index in [2.05, 4.69) is 28.1 Å². The summed E-state index contributed by atoms with van der Waals surface area (Å²) in [6.45, 7) is 0. The molecule has 0 N–H and O–H groups in total. The van der Waals surface area contributed by atoms with E-state index in [0.717, 1.165) is 24.1 Å². The summed E-state index contributed by atoms with van der Waals surface area (Å²) in [5.74, 6) is 0.770. The second kappa shape index (κ2) is 7.51. The molecule has 0 aliphatic carbocycles. The highest BCUT2D eigenvalue weighted by Crippen LogP contribution is 1.93. The molecule has 0 rings (SSSR count). The molecule has 0 bridgehead atoms. The Morgan fingerprint density at radius 3 is 2.62 bits per heavy atom. The lowest BCUT2D eigenvalue weighted by Crippen LogP contribution is -1.70. The van der Waals surface area contributed by atoms with Gasteiger partial charge in [0.25, 0.3) is 0 Å². The van der Waals surface area contributed by atoms with Crippen molar-refractivity contribution < 1.29 is 0 Å². The number of alkyl halides is 2. The van der Waals surface area contributed by atoms with Crippen LogP contribution < -0.4 is 0 Å². The first-order valence-electron chi connectivity index (χ1n) is 2.68. The van der Waals surface area contributed by atoms with Crippen LogP contribution in [0, 0.1) is 0 Å². The average Bonchev–Trinajstić information content (AvgIpc) is 1.81. The molecule has 0 spiro atoms. The van der Waals surface area contributed by atoms with E-state index in [0.29, 0.717) is 0 Å². The third-order valence-corrected chi connectivity index (χ3v) is 1.40. The van der Waals surface area contributed by atoms with Crippen LogP contribution in [-0.4, -0.2) is 11.2 Å². The third kappa shape index (κ3) is 6.51. The number of allylic oxidation sites excluding steroid dienone is 2. The van der Waals surface area contributed by atoms with Crippen LogP contribution in [0.5, 0.6) is 0 Å². The highest BCUT2D eigenvalue weighted by molar-refractivity contribution is 9.09. The van der Waals surface area contributed by atoms with Gasteiger partial charge in [-0.2, -0.15) is 0 Å². The first-order chi connectivity index (χ1) is 3.91. The molecule has 48 valence electrons. The van der Waals surface area contributed by atoms with Crippen molar-refractivity contribution in [2.45, 2.75) is 12.8 Å². The minimum atomic E-state index is 0.770. The summed E-state index contributed by atoms with van der Waals surface area (Å²) in [5, 5.41) is 0.954. The maximum Gasteiger partial charge on any atom is 0.0226 e. The smallest absolute Gasteiger partial charge is 0.0226 e. The van der Waals surface area contributed by atoms with Crippen LogP contribution in [0.25, 0.3) is 0 Å². The predicted molar refractivity (Wildman–Crippen MR) is 42.9 cm³/mol. The Hall–Kier alpha value is 0.510. The van der Waals surface area contributed by atoms with Gasteiger partial charge in [-0.3, -0.25) is 0 Å². The van der Waals surface area contributed by atoms with Crippen molar-refractivity contribution in [3.05, 3.63) is 12.2 Å². The molecule has 0 saturated carbocycles. The zero-order chi connectivity index (χ0) is 6.24. The molecule has 0 radical (unpaired) electrons. The van der Waals surface area contributed by atoms with Gasteiger partial charge in [0.1, 0.15) is 0 Å². The Morgan fingerprint density at radius 1 is 1.38 bits per heavy atom. The molecular formula is C6H10BrCl. The zero-order valence-electron chi connectivity index (χ0n) is 4.74. The maximum atomic E-state index is 5.43. The van der Waals surface area contributed by atoms with Crippen molar-refractivity contribution in [2.75, 3.05) is 11.2 Å². The van der Waals surface area contributed by atoms with Crippen molar-refractivity contribution >= 4 is 27.5 Å². The molecule has 2 heteroatoms. The lowest BCUT2D eigenvalue weighted by Gasteiger charge is -1.83. The Balaban J connectivity index is 2.80. The number of hydrogen-bond donors (Lipinski definition) is 0. The van der Waals surface area contributed by atoms with Crippen molar-refractivity contribution in [3.8, 4) is 0 Å². The summed E-state index contributed by atoms with van der Waals surface area (Å²) in [6, 6.07) is 0. The van der Waals surface area contributed by atoms with E-state index in [4.69, 9.17) is 11.6 Å². The van der Waals surface area contributed by atoms with Gasteiger partial charge in [0.2, 0.25) is 0 Å². The topological polar surface area (TPSA) is 0 Å². The number of hydrogen-bond acceptors (Lipinski definition) is 0. The van der Waals surface area contributed by atoms with Crippen molar-refractivity contribution in [1.82, 2.24) is 0 Å². The van der Waals surface area contributed by atoms with Gasteiger partial charge in [0.05, 0.1) is 0 Å². The van der Waals surface area contributed by atoms with E-state index in [1.54, 1.807) is 0 Å². The molecule has 0 aromatic heterocycles. The largest absolute Gasteiger partial charge is 0.127 e. The zero-order valence-corrected chi connectivity index (χ0v) is 7.08. The molecular weight excluding hydrogens is 187 g/mol. The predicted octanol–water partition coefficient (Wildman–Crippen LogP) is 2.96. The van der Waals surface area contributed by atoms with E-state index in [-0.39, 0.29) is 0 Å². The monoisotopic (exact) mass is 196 g/mol. The number of rotatable bonds is 4. The third-order valence-electron chi connectivity index (χ3n) is 0.760. The lowest BCUT2D eigenvalue weighted by atomic mass is 10.3. The minimum absolute atomic E-state index is 0.770. The van der Waals surface area contributed by atoms with E-state index in [1.165, 1.54) is 0 Å². The van der Waals surface area contributed by atoms with Crippen molar-refractivity contribution in [3.63, 3.8) is 0 Å². The van der Waals surface area contributed by atoms with Crippen LogP contribution in [0.4, 0.5) is 0 Å². The first-order valence-corrected chi connectivity index (χ1v) is 4.34. The van der Waals surface area contributed by atoms with Gasteiger partial charge in [-0.25, -0.2) is 0 Å². The Morgan fingerprint density at radius 2 is 2.12 bits per heavy atom. The van der Waals surface area contributed by atoms with Crippen LogP contribution in [0.15, 0.2) is 12.2 Å². The molecule has 0 unspecified atom stereocenters. The molecule has 0 aliphatic heterocycles. The van der Waals surface area contributed by atoms with Crippen LogP contribution in [0.1, 0.15) is 12.8 Å². The van der Waals surface area contributed by atoms with Gasteiger partial charge in [-0.1, -0.05) is 28.1 Å². The lowest BCUT2D eigenvalue weighted by molar-refractivity contribution is 0.965. The van der Waals surface area contributed by atoms with E-state index in [1.807, 2.05) is 0 Å². The summed E-state index contributed by atoms with van der Waals surface area (Å²) in [7, 11) is 0. The van der Waals surface area contributed by atoms with Crippen LogP contribution in [0.2, 0.25) is 0 Å². The molecule has 0 aromatic rings. The highest BCUT2D eigenvalue weighted by Gasteiger charge is 1.76. The van der Waals surface area contributed by atoms with Crippen LogP contribution in [0.3, 0.4) is 0 Å². The summed E-state index contributed by atoms with van der Waals surface area (Å²) in [6.07, 6.45) is 6.42. The fourth-order valence-electron chi connectivity index (χ4n) is 0.376. The fourth-order valence-corrected chi connectivity index (χ4v) is 0.794. The molecule has 0 heterocycles. The highest BCUT2D eigenvalue weighted by atomic mass is 79.9. The standard InChI is InChI=1S/C6H10BrCl/c7-5-3-1-2-4-6-8/h1,3H,2,4-6H2. The summed E-state index contributed by atoms with van der Waals surface area (Å²) in [5.41, 5.74) is 0. The second-order valence-electron chi connectivity index (χ2n) is 1.46. The number of unbranched alkanes of at least 4 members (excludes halogenated alkanes) is 1. The molecule has 0 amide bonds. The molecule has 0 aromatic carbocycles. The van der Waals surface area contributed by atoms with Crippen molar-refractivity contribution in [1.29, 1.82) is 0 Å². The first kappa shape index (κ1) is 8.51. The van der Waals surface area contributed by atoms with Gasteiger partial charge >= 0.3 is 0 Å². The normalized spacial score (nSPS) is 10.8. The Bertz CT molecular complexity index is 61.5. The molecule has 0 atom stereocenters. The summed E-state index contributed by atoms with van der Waals surface area (Å²) in [4.78, 5) is 0. The van der Waals surface area contributed by atoms with Crippen LogP contribution in [-0.2, 0) is 0 Å². The van der Waals surface area contributed by atoms with Gasteiger partial charge in [-0.05, 0) is 12.8 Å². The van der Waals surface area contributed by atoms with Gasteiger partial charge < -0.3 is 0 Å². The van der Waals surface area contributed by atoms with E-state index < -0.39 is 0 Å². The summed E-state index contributed by atoms with van der Waals surface area (Å²) >= 11 is 8.72. The van der Waals surface area contributed by atoms with Crippen LogP contribution >= 0.6 is 27.5 Å². The molecule has 0 fully saturated rings. The van der Waals surface area contributed by atoms with Gasteiger partial charge in [-0.15, -0.1) is 11.6 Å². The van der Waals surface area contributed by atoms with Gasteiger partial charge in [0, 0.05) is 11.2 Å². The Kier molecular flexibility index (Phi) is 7.99. The maximum absolute atomic E-state index is 5.43. The SMILES string of the molecule is ClCCCC=CCBr. The van der Waals surface area contributed by atoms with Gasteiger partial charge in [0.15, 0.2) is 0 Å². The molecule has 0 saturated heterocycles. The summed E-state index contributed by atoms with van der Waals surface area (Å²) < 4.78 is 0. The molecule has 8 heavy (non-hydrogen) atoms. The van der Waals surface area contributed by atoms with E-state index in [9.17, 15) is 0 Å². The Labute approximate surface area is 64.0 Å². The number of halogens is 2. The average molecular weight is 198 g/mol. The molecule has 0 aliphatic rings.